The smallest absolute Gasteiger partial charge is 0.252 e. The summed E-state index contributed by atoms with van der Waals surface area (Å²) in [7, 11) is -0.828. The first-order valence-corrected chi connectivity index (χ1v) is 9.03. The molecule has 0 aromatic heterocycles. The van der Waals surface area contributed by atoms with Gasteiger partial charge in [-0.2, -0.15) is 0 Å². The Morgan fingerprint density at radius 3 is 2.71 bits per heavy atom. The maximum atomic E-state index is 12.5. The molecular formula is C15H23N3O5S. The average molecular weight is 357 g/mol. The van der Waals surface area contributed by atoms with E-state index < -0.39 is 21.5 Å². The molecule has 0 radical (unpaired) electrons. The minimum Gasteiger partial charge on any atom is -0.496 e. The number of carbonyl (C=O) groups is 1. The van der Waals surface area contributed by atoms with Gasteiger partial charge in [-0.05, 0) is 37.6 Å². The lowest BCUT2D eigenvalue weighted by molar-refractivity contribution is 0.0997. The van der Waals surface area contributed by atoms with Gasteiger partial charge in [0.15, 0.2) is 0 Å². The van der Waals surface area contributed by atoms with Gasteiger partial charge >= 0.3 is 0 Å². The minimum atomic E-state index is -3.79. The van der Waals surface area contributed by atoms with Crippen molar-refractivity contribution in [3.05, 3.63) is 23.8 Å². The third-order valence-corrected chi connectivity index (χ3v) is 5.50. The fourth-order valence-electron chi connectivity index (χ4n) is 2.83. The first kappa shape index (κ1) is 18.7. The summed E-state index contributed by atoms with van der Waals surface area (Å²) in [6.07, 6.45) is 1.78. The molecule has 8 nitrogen and oxygen atoms in total. The van der Waals surface area contributed by atoms with Crippen LogP contribution in [0.1, 0.15) is 23.2 Å². The summed E-state index contributed by atoms with van der Waals surface area (Å²) >= 11 is 0. The summed E-state index contributed by atoms with van der Waals surface area (Å²) in [5.74, 6) is -0.521. The highest BCUT2D eigenvalue weighted by molar-refractivity contribution is 7.89. The molecule has 9 heteroatoms. The fraction of sp³-hybridized carbons (Fsp3) is 0.533. The van der Waals surface area contributed by atoms with Crippen LogP contribution in [0.4, 0.5) is 0 Å². The van der Waals surface area contributed by atoms with E-state index in [2.05, 4.69) is 10.0 Å². The van der Waals surface area contributed by atoms with E-state index in [1.54, 1.807) is 7.11 Å². The van der Waals surface area contributed by atoms with E-state index in [9.17, 15) is 13.2 Å². The molecule has 1 aliphatic heterocycles. The van der Waals surface area contributed by atoms with Crippen LogP contribution < -0.4 is 20.5 Å². The van der Waals surface area contributed by atoms with Gasteiger partial charge in [-0.1, -0.05) is 0 Å². The number of nitrogens with two attached hydrogens (primary N) is 1. The predicted octanol–water partition coefficient (Wildman–Crippen LogP) is -0.159. The summed E-state index contributed by atoms with van der Waals surface area (Å²) in [6, 6.07) is 4.00. The second kappa shape index (κ2) is 7.47. The molecule has 1 aliphatic rings. The summed E-state index contributed by atoms with van der Waals surface area (Å²) < 4.78 is 37.9. The van der Waals surface area contributed by atoms with E-state index in [4.69, 9.17) is 15.2 Å². The second-order valence-corrected chi connectivity index (χ2v) is 7.56. The van der Waals surface area contributed by atoms with Crippen molar-refractivity contribution in [2.45, 2.75) is 23.3 Å². The van der Waals surface area contributed by atoms with Crippen LogP contribution in [0.25, 0.3) is 0 Å². The van der Waals surface area contributed by atoms with E-state index in [1.165, 1.54) is 25.3 Å². The number of primary amides is 1. The number of benzene rings is 1. The Labute approximate surface area is 141 Å². The van der Waals surface area contributed by atoms with Crippen molar-refractivity contribution < 1.29 is 22.7 Å². The molecule has 0 aliphatic carbocycles. The number of rotatable bonds is 8. The zero-order chi connectivity index (χ0) is 17.8. The zero-order valence-corrected chi connectivity index (χ0v) is 14.6. The number of hydrogen-bond acceptors (Lipinski definition) is 6. The lowest BCUT2D eigenvalue weighted by Gasteiger charge is -2.28. The third kappa shape index (κ3) is 4.04. The molecule has 2 rings (SSSR count). The topological polar surface area (TPSA) is 120 Å². The van der Waals surface area contributed by atoms with E-state index in [0.717, 1.165) is 19.4 Å². The molecule has 1 heterocycles. The maximum Gasteiger partial charge on any atom is 0.252 e. The Hall–Kier alpha value is -1.68. The van der Waals surface area contributed by atoms with Crippen LogP contribution in [0.2, 0.25) is 0 Å². The van der Waals surface area contributed by atoms with E-state index in [1.807, 2.05) is 0 Å². The summed E-state index contributed by atoms with van der Waals surface area (Å²) in [5.41, 5.74) is 4.88. The van der Waals surface area contributed by atoms with Gasteiger partial charge in [0.2, 0.25) is 10.0 Å². The molecule has 1 saturated heterocycles. The Balaban J connectivity index is 2.21. The van der Waals surface area contributed by atoms with Crippen LogP contribution in [0, 0.1) is 0 Å². The number of methoxy groups -OCH3 is 2. The molecule has 1 aromatic rings. The van der Waals surface area contributed by atoms with Crippen LogP contribution in [0.3, 0.4) is 0 Å². The van der Waals surface area contributed by atoms with Crippen LogP contribution in [-0.2, 0) is 14.8 Å². The standard InChI is InChI=1S/C15H23N3O5S/c1-22-10-15(6-3-7-17-15)9-18-24(20,21)11-4-5-13(23-2)12(8-11)14(16)19/h4-5,8,17-18H,3,6-7,9-10H2,1-2H3,(H2,16,19). The van der Waals surface area contributed by atoms with Crippen LogP contribution in [0.15, 0.2) is 23.1 Å². The zero-order valence-electron chi connectivity index (χ0n) is 13.8. The Morgan fingerprint density at radius 2 is 2.17 bits per heavy atom. The highest BCUT2D eigenvalue weighted by atomic mass is 32.2. The van der Waals surface area contributed by atoms with Gasteiger partial charge in [0.25, 0.3) is 5.91 Å². The highest BCUT2D eigenvalue weighted by Gasteiger charge is 2.35. The SMILES string of the molecule is COCC1(CNS(=O)(=O)c2ccc(OC)c(C(N)=O)c2)CCCN1. The molecule has 0 bridgehead atoms. The van der Waals surface area contributed by atoms with Crippen LogP contribution in [0.5, 0.6) is 5.75 Å². The molecule has 134 valence electrons. The van der Waals surface area contributed by atoms with Gasteiger partial charge in [-0.3, -0.25) is 4.79 Å². The first-order valence-electron chi connectivity index (χ1n) is 7.55. The second-order valence-electron chi connectivity index (χ2n) is 5.79. The molecular weight excluding hydrogens is 334 g/mol. The Bertz CT molecular complexity index is 699. The quantitative estimate of drug-likeness (QED) is 0.595. The van der Waals surface area contributed by atoms with Gasteiger partial charge in [0.1, 0.15) is 5.75 Å². The Morgan fingerprint density at radius 1 is 1.42 bits per heavy atom. The number of nitrogens with one attached hydrogen (secondary N) is 2. The molecule has 0 saturated carbocycles. The number of carbonyl (C=O) groups excluding carboxylic acids is 1. The highest BCUT2D eigenvalue weighted by Crippen LogP contribution is 2.23. The number of amides is 1. The van der Waals surface area contributed by atoms with Crippen LogP contribution >= 0.6 is 0 Å². The molecule has 4 N–H and O–H groups in total. The van der Waals surface area contributed by atoms with Crippen molar-refractivity contribution in [2.75, 3.05) is 33.9 Å². The molecule has 1 unspecified atom stereocenters. The fourth-order valence-corrected chi connectivity index (χ4v) is 3.99. The van der Waals surface area contributed by atoms with Crippen molar-refractivity contribution in [1.29, 1.82) is 0 Å². The van der Waals surface area contributed by atoms with Crippen LogP contribution in [-0.4, -0.2) is 53.8 Å². The molecule has 0 spiro atoms. The maximum absolute atomic E-state index is 12.5. The largest absolute Gasteiger partial charge is 0.496 e. The normalized spacial score (nSPS) is 20.9. The lowest BCUT2D eigenvalue weighted by Crippen LogP contribution is -2.52. The summed E-state index contributed by atoms with van der Waals surface area (Å²) in [6.45, 7) is 1.42. The summed E-state index contributed by atoms with van der Waals surface area (Å²) in [4.78, 5) is 11.4. The van der Waals surface area contributed by atoms with Crippen molar-refractivity contribution in [2.24, 2.45) is 5.73 Å². The number of ether oxygens (including phenoxy) is 2. The van der Waals surface area contributed by atoms with Gasteiger partial charge in [0.05, 0.1) is 29.7 Å². The van der Waals surface area contributed by atoms with Crippen molar-refractivity contribution in [3.8, 4) is 5.75 Å². The first-order chi connectivity index (χ1) is 11.3. The van der Waals surface area contributed by atoms with Gasteiger partial charge < -0.3 is 20.5 Å². The molecule has 24 heavy (non-hydrogen) atoms. The average Bonchev–Trinajstić information content (AvgIpc) is 3.02. The lowest BCUT2D eigenvalue weighted by atomic mass is 9.99. The monoisotopic (exact) mass is 357 g/mol. The van der Waals surface area contributed by atoms with Crippen molar-refractivity contribution in [1.82, 2.24) is 10.0 Å². The van der Waals surface area contributed by atoms with Gasteiger partial charge in [-0.25, -0.2) is 13.1 Å². The summed E-state index contributed by atoms with van der Waals surface area (Å²) in [5, 5.41) is 3.30. The molecule has 1 atom stereocenters. The van der Waals surface area contributed by atoms with Gasteiger partial charge in [-0.15, -0.1) is 0 Å². The van der Waals surface area contributed by atoms with E-state index >= 15 is 0 Å². The van der Waals surface area contributed by atoms with E-state index in [0.29, 0.717) is 6.61 Å². The molecule has 1 aromatic carbocycles. The minimum absolute atomic E-state index is 0.0194. The molecule has 1 amide bonds. The van der Waals surface area contributed by atoms with Crippen molar-refractivity contribution in [3.63, 3.8) is 0 Å². The number of sulfonamides is 1. The van der Waals surface area contributed by atoms with Crippen molar-refractivity contribution >= 4 is 15.9 Å². The Kier molecular flexibility index (Phi) is 5.81. The third-order valence-electron chi connectivity index (χ3n) is 4.10. The van der Waals surface area contributed by atoms with Gasteiger partial charge in [0, 0.05) is 13.7 Å². The predicted molar refractivity (Wildman–Crippen MR) is 88.5 cm³/mol. The molecule has 1 fully saturated rings. The number of hydrogen-bond donors (Lipinski definition) is 3. The van der Waals surface area contributed by atoms with E-state index in [-0.39, 0.29) is 22.8 Å².